The number of hydrogen-bond acceptors (Lipinski definition) is 1. The van der Waals surface area contributed by atoms with Crippen LogP contribution in [0.25, 0.3) is 0 Å². The largest absolute Gasteiger partial charge is 0.412 e. The van der Waals surface area contributed by atoms with Crippen molar-refractivity contribution in [1.82, 2.24) is 0 Å². The summed E-state index contributed by atoms with van der Waals surface area (Å²) < 4.78 is 0. The fraction of sp³-hybridized carbons (Fsp3) is 0.667. The molecule has 0 aromatic heterocycles. The normalized spacial score (nSPS) is 15.2. The van der Waals surface area contributed by atoms with E-state index in [4.69, 9.17) is 11.5 Å². The molecule has 1 atom stereocenters. The maximum absolute atomic E-state index is 8.90. The minimum Gasteiger partial charge on any atom is -0.412 e. The Balaban J connectivity index is 0. The Morgan fingerprint density at radius 3 is 2.12 bits per heavy atom. The van der Waals surface area contributed by atoms with Crippen LogP contribution >= 0.6 is 0 Å². The van der Waals surface area contributed by atoms with Gasteiger partial charge in [0, 0.05) is 0 Å². The Kier molecular flexibility index (Phi) is 4.55. The van der Waals surface area contributed by atoms with E-state index in [9.17, 15) is 0 Å². The summed E-state index contributed by atoms with van der Waals surface area (Å²) in [5.41, 5.74) is -0.889. The summed E-state index contributed by atoms with van der Waals surface area (Å²) in [5, 5.41) is 8.90. The van der Waals surface area contributed by atoms with Gasteiger partial charge in [0.15, 0.2) is 0 Å². The van der Waals surface area contributed by atoms with Gasteiger partial charge < -0.3 is 10.6 Å². The molecule has 0 saturated heterocycles. The van der Waals surface area contributed by atoms with Gasteiger partial charge in [-0.15, -0.1) is 6.42 Å². The van der Waals surface area contributed by atoms with Gasteiger partial charge in [-0.1, -0.05) is 12.8 Å². The van der Waals surface area contributed by atoms with E-state index >= 15 is 0 Å². The molecule has 0 aliphatic carbocycles. The highest BCUT2D eigenvalue weighted by atomic mass is 16.3. The van der Waals surface area contributed by atoms with Crippen LogP contribution in [0.5, 0.6) is 0 Å². The summed E-state index contributed by atoms with van der Waals surface area (Å²) in [5.74, 6) is 2.25. The fourth-order valence-electron chi connectivity index (χ4n) is 0.102. The molecule has 2 heteroatoms. The standard InChI is InChI=1S/C6H10O.H2O/c1-4-6(3,7)5-2;/h1,7H,5H2,2-3H3;1H2. The zero-order chi connectivity index (χ0) is 5.91. The van der Waals surface area contributed by atoms with E-state index in [1.807, 2.05) is 6.92 Å². The average Bonchev–Trinajstić information content (AvgIpc) is 1.68. The second-order valence-electron chi connectivity index (χ2n) is 1.77. The van der Waals surface area contributed by atoms with E-state index in [2.05, 4.69) is 5.92 Å². The van der Waals surface area contributed by atoms with Crippen LogP contribution in [0.4, 0.5) is 0 Å². The van der Waals surface area contributed by atoms with E-state index in [1.54, 1.807) is 6.92 Å². The maximum Gasteiger partial charge on any atom is 0.122 e. The third kappa shape index (κ3) is 3.66. The van der Waals surface area contributed by atoms with Crippen LogP contribution in [0.1, 0.15) is 20.3 Å². The fourth-order valence-corrected chi connectivity index (χ4v) is 0.102. The van der Waals surface area contributed by atoms with Crippen LogP contribution in [0.3, 0.4) is 0 Å². The van der Waals surface area contributed by atoms with Gasteiger partial charge in [-0.05, 0) is 13.3 Å². The predicted molar refractivity (Wildman–Crippen MR) is 33.4 cm³/mol. The molecule has 1 unspecified atom stereocenters. The molecule has 0 rings (SSSR count). The third-order valence-corrected chi connectivity index (χ3v) is 0.999. The van der Waals surface area contributed by atoms with Gasteiger partial charge in [-0.25, -0.2) is 0 Å². The van der Waals surface area contributed by atoms with Crippen LogP contribution < -0.4 is 0 Å². The van der Waals surface area contributed by atoms with E-state index < -0.39 is 5.60 Å². The molecule has 0 bridgehead atoms. The van der Waals surface area contributed by atoms with E-state index in [1.165, 1.54) is 0 Å². The van der Waals surface area contributed by atoms with E-state index in [0.717, 1.165) is 0 Å². The maximum atomic E-state index is 8.90. The lowest BCUT2D eigenvalue weighted by atomic mass is 10.1. The summed E-state index contributed by atoms with van der Waals surface area (Å²) in [4.78, 5) is 0. The quantitative estimate of drug-likeness (QED) is 0.480. The molecular weight excluding hydrogens is 104 g/mol. The van der Waals surface area contributed by atoms with Crippen LogP contribution in [-0.4, -0.2) is 16.2 Å². The lowest BCUT2D eigenvalue weighted by molar-refractivity contribution is 0.118. The second-order valence-corrected chi connectivity index (χ2v) is 1.77. The predicted octanol–water partition coefficient (Wildman–Crippen LogP) is -0.0441. The highest BCUT2D eigenvalue weighted by Gasteiger charge is 2.10. The molecule has 0 saturated carbocycles. The molecule has 0 aromatic rings. The van der Waals surface area contributed by atoms with Crippen molar-refractivity contribution in [2.45, 2.75) is 25.9 Å². The van der Waals surface area contributed by atoms with Crippen LogP contribution in [0, 0.1) is 12.3 Å². The van der Waals surface area contributed by atoms with Crippen LogP contribution in [-0.2, 0) is 0 Å². The third-order valence-electron chi connectivity index (χ3n) is 0.999. The summed E-state index contributed by atoms with van der Waals surface area (Å²) in [6.07, 6.45) is 5.53. The Bertz CT molecular complexity index is 89.2. The number of terminal acetylenes is 1. The molecule has 0 aliphatic heterocycles. The molecule has 0 amide bonds. The molecule has 8 heavy (non-hydrogen) atoms. The molecular formula is C6H12O2. The van der Waals surface area contributed by atoms with Gasteiger partial charge in [0.1, 0.15) is 5.60 Å². The van der Waals surface area contributed by atoms with Crippen molar-refractivity contribution < 1.29 is 10.6 Å². The van der Waals surface area contributed by atoms with Gasteiger partial charge in [-0.2, -0.15) is 0 Å². The molecule has 0 aliphatic rings. The van der Waals surface area contributed by atoms with Gasteiger partial charge in [0.05, 0.1) is 0 Å². The lowest BCUT2D eigenvalue weighted by Gasteiger charge is -2.10. The van der Waals surface area contributed by atoms with E-state index in [0.29, 0.717) is 6.42 Å². The monoisotopic (exact) mass is 116 g/mol. The van der Waals surface area contributed by atoms with Crippen LogP contribution in [0.2, 0.25) is 0 Å². The highest BCUT2D eigenvalue weighted by Crippen LogP contribution is 2.03. The molecule has 3 N–H and O–H groups in total. The van der Waals surface area contributed by atoms with Crippen molar-refractivity contribution in [1.29, 1.82) is 0 Å². The summed E-state index contributed by atoms with van der Waals surface area (Å²) in [7, 11) is 0. The first-order valence-corrected chi connectivity index (χ1v) is 2.32. The minimum absolute atomic E-state index is 0. The van der Waals surface area contributed by atoms with Crippen molar-refractivity contribution in [2.24, 2.45) is 0 Å². The van der Waals surface area contributed by atoms with Crippen LogP contribution in [0.15, 0.2) is 0 Å². The van der Waals surface area contributed by atoms with Gasteiger partial charge in [0.2, 0.25) is 0 Å². The number of hydrogen-bond donors (Lipinski definition) is 1. The summed E-state index contributed by atoms with van der Waals surface area (Å²) in [6.45, 7) is 3.47. The lowest BCUT2D eigenvalue weighted by Crippen LogP contribution is -2.18. The van der Waals surface area contributed by atoms with Crippen molar-refractivity contribution >= 4 is 0 Å². The molecule has 0 fully saturated rings. The highest BCUT2D eigenvalue weighted by molar-refractivity contribution is 5.03. The smallest absolute Gasteiger partial charge is 0.122 e. The summed E-state index contributed by atoms with van der Waals surface area (Å²) >= 11 is 0. The molecule has 0 aromatic carbocycles. The zero-order valence-electron chi connectivity index (χ0n) is 5.23. The molecule has 48 valence electrons. The SMILES string of the molecule is C#CC(C)(O)CC.O. The Morgan fingerprint density at radius 1 is 1.75 bits per heavy atom. The molecule has 0 heterocycles. The van der Waals surface area contributed by atoms with Gasteiger partial charge >= 0.3 is 0 Å². The first kappa shape index (κ1) is 10.5. The molecule has 0 spiro atoms. The molecule has 0 radical (unpaired) electrons. The van der Waals surface area contributed by atoms with E-state index in [-0.39, 0.29) is 5.48 Å². The first-order chi connectivity index (χ1) is 3.12. The van der Waals surface area contributed by atoms with Crippen molar-refractivity contribution in [3.63, 3.8) is 0 Å². The second kappa shape index (κ2) is 3.48. The summed E-state index contributed by atoms with van der Waals surface area (Å²) in [6, 6.07) is 0. The Morgan fingerprint density at radius 2 is 2.12 bits per heavy atom. The first-order valence-electron chi connectivity index (χ1n) is 2.32. The van der Waals surface area contributed by atoms with Crippen molar-refractivity contribution in [2.75, 3.05) is 0 Å². The number of aliphatic hydroxyl groups is 1. The number of rotatable bonds is 1. The van der Waals surface area contributed by atoms with Crippen molar-refractivity contribution in [3.8, 4) is 12.3 Å². The molecule has 2 nitrogen and oxygen atoms in total. The average molecular weight is 116 g/mol. The minimum atomic E-state index is -0.889. The van der Waals surface area contributed by atoms with Gasteiger partial charge in [0.25, 0.3) is 0 Å². The van der Waals surface area contributed by atoms with Crippen molar-refractivity contribution in [3.05, 3.63) is 0 Å². The Labute approximate surface area is 49.8 Å². The Hall–Kier alpha value is -0.520. The topological polar surface area (TPSA) is 51.7 Å². The van der Waals surface area contributed by atoms with Gasteiger partial charge in [-0.3, -0.25) is 0 Å². The zero-order valence-corrected chi connectivity index (χ0v) is 5.23.